The molecule has 2 aliphatic heterocycles. The second-order valence-electron chi connectivity index (χ2n) is 4.04. The molecule has 0 N–H and O–H groups in total. The molecule has 0 radical (unpaired) electrons. The number of hydrogen-bond acceptors (Lipinski definition) is 4. The first-order valence-electron chi connectivity index (χ1n) is 5.20. The van der Waals surface area contributed by atoms with Crippen molar-refractivity contribution in [2.45, 2.75) is 44.3 Å². The van der Waals surface area contributed by atoms with Crippen molar-refractivity contribution in [1.29, 1.82) is 0 Å². The van der Waals surface area contributed by atoms with E-state index in [1.165, 1.54) is 6.92 Å². The summed E-state index contributed by atoms with van der Waals surface area (Å²) in [5.74, 6) is -0.812. The Morgan fingerprint density at radius 1 is 1.60 bits per heavy atom. The Labute approximate surface area is 88.2 Å². The van der Waals surface area contributed by atoms with Crippen LogP contribution >= 0.6 is 0 Å². The Balaban J connectivity index is 2.24. The summed E-state index contributed by atoms with van der Waals surface area (Å²) in [6.07, 6.45) is 6.33. The van der Waals surface area contributed by atoms with E-state index in [-0.39, 0.29) is 6.10 Å². The van der Waals surface area contributed by atoms with Crippen LogP contribution in [0.2, 0.25) is 0 Å². The maximum atomic E-state index is 11.8. The van der Waals surface area contributed by atoms with E-state index in [9.17, 15) is 9.59 Å². The van der Waals surface area contributed by atoms with E-state index < -0.39 is 17.5 Å². The maximum Gasteiger partial charge on any atom is 0.351 e. The van der Waals surface area contributed by atoms with Gasteiger partial charge >= 0.3 is 11.9 Å². The molecule has 1 fully saturated rings. The van der Waals surface area contributed by atoms with E-state index in [1.54, 1.807) is 0 Å². The van der Waals surface area contributed by atoms with Crippen LogP contribution in [-0.2, 0) is 19.1 Å². The van der Waals surface area contributed by atoms with E-state index in [0.29, 0.717) is 12.8 Å². The average Bonchev–Trinajstić information content (AvgIpc) is 2.12. The number of esters is 2. The first-order chi connectivity index (χ1) is 7.12. The van der Waals surface area contributed by atoms with Gasteiger partial charge in [-0.1, -0.05) is 6.08 Å². The van der Waals surface area contributed by atoms with Gasteiger partial charge in [0.25, 0.3) is 0 Å². The minimum absolute atomic E-state index is 0.138. The molecule has 3 aliphatic rings. The first kappa shape index (κ1) is 10.2. The van der Waals surface area contributed by atoms with E-state index in [2.05, 4.69) is 0 Å². The highest BCUT2D eigenvalue weighted by molar-refractivity contribution is 5.84. The van der Waals surface area contributed by atoms with Gasteiger partial charge in [-0.2, -0.15) is 0 Å². The van der Waals surface area contributed by atoms with Gasteiger partial charge < -0.3 is 9.47 Å². The predicted molar refractivity (Wildman–Crippen MR) is 52.0 cm³/mol. The molecule has 1 saturated heterocycles. The zero-order chi connectivity index (χ0) is 10.9. The van der Waals surface area contributed by atoms with Crippen LogP contribution < -0.4 is 0 Å². The van der Waals surface area contributed by atoms with Gasteiger partial charge in [0.2, 0.25) is 5.60 Å². The molecule has 2 unspecified atom stereocenters. The summed E-state index contributed by atoms with van der Waals surface area (Å²) in [5.41, 5.74) is -1.02. The SMILES string of the molecule is CC(=O)OC12CC/C=C\C(CC1)OC2=O. The lowest BCUT2D eigenvalue weighted by atomic mass is 9.86. The first-order valence-corrected chi connectivity index (χ1v) is 5.20. The van der Waals surface area contributed by atoms with Gasteiger partial charge in [-0.25, -0.2) is 4.79 Å². The number of carbonyl (C=O) groups is 2. The third-order valence-corrected chi connectivity index (χ3v) is 2.87. The molecule has 4 nitrogen and oxygen atoms in total. The van der Waals surface area contributed by atoms with Crippen LogP contribution in [0.25, 0.3) is 0 Å². The highest BCUT2D eigenvalue weighted by Gasteiger charge is 2.47. The summed E-state index contributed by atoms with van der Waals surface area (Å²) in [4.78, 5) is 22.7. The fourth-order valence-corrected chi connectivity index (χ4v) is 2.13. The van der Waals surface area contributed by atoms with Crippen LogP contribution in [0.4, 0.5) is 0 Å². The van der Waals surface area contributed by atoms with Crippen molar-refractivity contribution in [1.82, 2.24) is 0 Å². The van der Waals surface area contributed by atoms with Gasteiger partial charge in [-0.3, -0.25) is 4.79 Å². The number of allylic oxidation sites excluding steroid dienone is 1. The molecule has 15 heavy (non-hydrogen) atoms. The van der Waals surface area contributed by atoms with Gasteiger partial charge in [0.05, 0.1) is 0 Å². The lowest BCUT2D eigenvalue weighted by Gasteiger charge is -2.37. The monoisotopic (exact) mass is 210 g/mol. The van der Waals surface area contributed by atoms with Crippen LogP contribution in [0.15, 0.2) is 12.2 Å². The molecule has 2 heterocycles. The second kappa shape index (κ2) is 3.68. The number of carbonyl (C=O) groups excluding carboxylic acids is 2. The Hall–Kier alpha value is -1.32. The summed E-state index contributed by atoms with van der Waals surface area (Å²) in [6, 6.07) is 0. The summed E-state index contributed by atoms with van der Waals surface area (Å²) in [5, 5.41) is 0. The molecule has 4 heteroatoms. The van der Waals surface area contributed by atoms with Crippen LogP contribution in [0, 0.1) is 0 Å². The minimum Gasteiger partial charge on any atom is -0.455 e. The molecule has 0 spiro atoms. The largest absolute Gasteiger partial charge is 0.455 e. The Morgan fingerprint density at radius 3 is 3.07 bits per heavy atom. The topological polar surface area (TPSA) is 52.6 Å². The van der Waals surface area contributed by atoms with E-state index in [4.69, 9.17) is 9.47 Å². The Morgan fingerprint density at radius 2 is 2.40 bits per heavy atom. The number of hydrogen-bond donors (Lipinski definition) is 0. The second-order valence-corrected chi connectivity index (χ2v) is 4.04. The molecule has 0 aromatic rings. The van der Waals surface area contributed by atoms with Crippen molar-refractivity contribution < 1.29 is 19.1 Å². The van der Waals surface area contributed by atoms with Crippen molar-refractivity contribution >= 4 is 11.9 Å². The van der Waals surface area contributed by atoms with E-state index in [0.717, 1.165) is 12.8 Å². The lowest BCUT2D eigenvalue weighted by Crippen LogP contribution is -2.50. The fourth-order valence-electron chi connectivity index (χ4n) is 2.13. The van der Waals surface area contributed by atoms with Gasteiger partial charge in [0.15, 0.2) is 0 Å². The smallest absolute Gasteiger partial charge is 0.351 e. The van der Waals surface area contributed by atoms with Crippen LogP contribution in [0.1, 0.15) is 32.6 Å². The van der Waals surface area contributed by atoms with E-state index in [1.807, 2.05) is 12.2 Å². The molecule has 1 aliphatic carbocycles. The standard InChI is InChI=1S/C11H14O4/c1-8(12)15-11-6-3-2-4-9(5-7-11)14-10(11)13/h2,4,9H,3,5-7H2,1H3/b4-2-. The third kappa shape index (κ3) is 1.89. The minimum atomic E-state index is -1.02. The van der Waals surface area contributed by atoms with Crippen molar-refractivity contribution in [2.24, 2.45) is 0 Å². The Kier molecular flexibility index (Phi) is 2.50. The zero-order valence-corrected chi connectivity index (χ0v) is 8.69. The van der Waals surface area contributed by atoms with Gasteiger partial charge in [0, 0.05) is 19.8 Å². The summed E-state index contributed by atoms with van der Waals surface area (Å²) in [7, 11) is 0. The summed E-state index contributed by atoms with van der Waals surface area (Å²) in [6.45, 7) is 1.32. The summed E-state index contributed by atoms with van der Waals surface area (Å²) < 4.78 is 10.4. The van der Waals surface area contributed by atoms with Crippen LogP contribution in [0.5, 0.6) is 0 Å². The van der Waals surface area contributed by atoms with Gasteiger partial charge in [-0.15, -0.1) is 0 Å². The molecule has 2 atom stereocenters. The maximum absolute atomic E-state index is 11.8. The highest BCUT2D eigenvalue weighted by atomic mass is 16.6. The molecule has 0 aromatic carbocycles. The molecule has 3 rings (SSSR count). The molecular formula is C11H14O4. The average molecular weight is 210 g/mol. The molecule has 2 bridgehead atoms. The molecule has 82 valence electrons. The zero-order valence-electron chi connectivity index (χ0n) is 8.69. The number of fused-ring (bicyclic) bond motifs is 4. The van der Waals surface area contributed by atoms with Gasteiger partial charge in [-0.05, 0) is 18.9 Å². The Bertz CT molecular complexity index is 321. The molecular weight excluding hydrogens is 196 g/mol. The van der Waals surface area contributed by atoms with Gasteiger partial charge in [0.1, 0.15) is 6.10 Å². The fraction of sp³-hybridized carbons (Fsp3) is 0.636. The van der Waals surface area contributed by atoms with Crippen LogP contribution in [-0.4, -0.2) is 23.6 Å². The molecule has 0 saturated carbocycles. The van der Waals surface area contributed by atoms with Crippen molar-refractivity contribution in [3.05, 3.63) is 12.2 Å². The number of ether oxygens (including phenoxy) is 2. The normalized spacial score (nSPS) is 36.3. The van der Waals surface area contributed by atoms with Crippen LogP contribution in [0.3, 0.4) is 0 Å². The predicted octanol–water partition coefficient (Wildman–Crippen LogP) is 1.34. The van der Waals surface area contributed by atoms with Crippen molar-refractivity contribution in [3.8, 4) is 0 Å². The molecule has 0 aromatic heterocycles. The van der Waals surface area contributed by atoms with E-state index >= 15 is 0 Å². The summed E-state index contributed by atoms with van der Waals surface area (Å²) >= 11 is 0. The number of rotatable bonds is 1. The molecule has 0 amide bonds. The van der Waals surface area contributed by atoms with Crippen molar-refractivity contribution in [2.75, 3.05) is 0 Å². The quantitative estimate of drug-likeness (QED) is 0.484. The van der Waals surface area contributed by atoms with Crippen molar-refractivity contribution in [3.63, 3.8) is 0 Å². The third-order valence-electron chi connectivity index (χ3n) is 2.87. The highest BCUT2D eigenvalue weighted by Crippen LogP contribution is 2.34. The lowest BCUT2D eigenvalue weighted by molar-refractivity contribution is -0.194.